The molecule has 3 rings (SSSR count). The van der Waals surface area contributed by atoms with Gasteiger partial charge in [0.15, 0.2) is 0 Å². The monoisotopic (exact) mass is 443 g/mol. The molecule has 0 unspecified atom stereocenters. The maximum absolute atomic E-state index is 13.2. The lowest BCUT2D eigenvalue weighted by atomic mass is 10.3. The van der Waals surface area contributed by atoms with E-state index in [1.54, 1.807) is 48.7 Å². The van der Waals surface area contributed by atoms with Gasteiger partial charge in [0, 0.05) is 10.9 Å². The van der Waals surface area contributed by atoms with Crippen LogP contribution in [0.5, 0.6) is 5.75 Å². The van der Waals surface area contributed by atoms with E-state index in [2.05, 4.69) is 10.5 Å². The van der Waals surface area contributed by atoms with Gasteiger partial charge in [0.1, 0.15) is 12.3 Å². The molecular formula is C21H21N3O4S2. The van der Waals surface area contributed by atoms with Crippen molar-refractivity contribution >= 4 is 39.2 Å². The van der Waals surface area contributed by atoms with E-state index >= 15 is 0 Å². The first-order valence-electron chi connectivity index (χ1n) is 8.99. The second-order valence-corrected chi connectivity index (χ2v) is 9.10. The molecule has 0 saturated carbocycles. The molecule has 1 N–H and O–H groups in total. The van der Waals surface area contributed by atoms with E-state index in [4.69, 9.17) is 4.74 Å². The van der Waals surface area contributed by atoms with Crippen molar-refractivity contribution in [3.63, 3.8) is 0 Å². The Morgan fingerprint density at radius 2 is 1.93 bits per heavy atom. The van der Waals surface area contributed by atoms with Crippen molar-refractivity contribution in [2.45, 2.75) is 11.8 Å². The van der Waals surface area contributed by atoms with Crippen LogP contribution in [-0.4, -0.2) is 34.2 Å². The Morgan fingerprint density at radius 1 is 1.17 bits per heavy atom. The number of carbonyl (C=O) groups is 1. The number of benzene rings is 2. The number of rotatable bonds is 8. The Balaban J connectivity index is 1.87. The van der Waals surface area contributed by atoms with Gasteiger partial charge in [-0.1, -0.05) is 24.3 Å². The number of methoxy groups -OCH3 is 1. The number of ether oxygens (including phenoxy) is 1. The Labute approximate surface area is 179 Å². The first kappa shape index (κ1) is 21.5. The zero-order valence-corrected chi connectivity index (χ0v) is 18.1. The third kappa shape index (κ3) is 5.05. The molecule has 0 aliphatic heterocycles. The van der Waals surface area contributed by atoms with Crippen molar-refractivity contribution in [2.75, 3.05) is 18.0 Å². The van der Waals surface area contributed by atoms with Gasteiger partial charge in [0.25, 0.3) is 15.9 Å². The summed E-state index contributed by atoms with van der Waals surface area (Å²) in [6, 6.07) is 16.4. The number of thiophene rings is 1. The molecule has 0 aliphatic carbocycles. The molecule has 0 fully saturated rings. The van der Waals surface area contributed by atoms with Gasteiger partial charge in [-0.25, -0.2) is 13.8 Å². The van der Waals surface area contributed by atoms with E-state index in [1.165, 1.54) is 30.6 Å². The highest BCUT2D eigenvalue weighted by molar-refractivity contribution is 7.92. The number of nitrogens with one attached hydrogen (secondary N) is 1. The molecule has 7 nitrogen and oxygen atoms in total. The maximum Gasteiger partial charge on any atom is 0.264 e. The summed E-state index contributed by atoms with van der Waals surface area (Å²) in [5, 5.41) is 5.88. The molecule has 0 radical (unpaired) electrons. The van der Waals surface area contributed by atoms with E-state index in [0.29, 0.717) is 11.4 Å². The van der Waals surface area contributed by atoms with Gasteiger partial charge in [-0.15, -0.1) is 11.3 Å². The number of hydrogen-bond acceptors (Lipinski definition) is 6. The van der Waals surface area contributed by atoms with Crippen LogP contribution in [0.2, 0.25) is 0 Å². The van der Waals surface area contributed by atoms with Gasteiger partial charge in [0.2, 0.25) is 0 Å². The van der Waals surface area contributed by atoms with Gasteiger partial charge in [-0.2, -0.15) is 5.10 Å². The summed E-state index contributed by atoms with van der Waals surface area (Å²) in [5.41, 5.74) is 3.76. The second-order valence-electron chi connectivity index (χ2n) is 6.29. The lowest BCUT2D eigenvalue weighted by Gasteiger charge is -2.24. The zero-order chi connectivity index (χ0) is 21.6. The maximum atomic E-state index is 13.2. The van der Waals surface area contributed by atoms with E-state index in [-0.39, 0.29) is 4.90 Å². The van der Waals surface area contributed by atoms with Gasteiger partial charge in [-0.05, 0) is 48.2 Å². The summed E-state index contributed by atoms with van der Waals surface area (Å²) in [6.45, 7) is 1.50. The van der Waals surface area contributed by atoms with Crippen LogP contribution in [0, 0.1) is 6.92 Å². The molecule has 0 bridgehead atoms. The normalized spacial score (nSPS) is 11.4. The Morgan fingerprint density at radius 3 is 2.60 bits per heavy atom. The number of nitrogens with zero attached hydrogens (tertiary/aromatic N) is 2. The highest BCUT2D eigenvalue weighted by Crippen LogP contribution is 2.26. The Bertz CT molecular complexity index is 1140. The van der Waals surface area contributed by atoms with Crippen LogP contribution in [0.15, 0.2) is 76.0 Å². The molecule has 1 aromatic heterocycles. The SMILES string of the molecule is COc1cccc(N(CC(=O)N/N=C\c2sccc2C)S(=O)(=O)c2ccccc2)c1. The Kier molecular flexibility index (Phi) is 6.86. The van der Waals surface area contributed by atoms with Crippen LogP contribution < -0.4 is 14.5 Å². The highest BCUT2D eigenvalue weighted by Gasteiger charge is 2.27. The standard InChI is InChI=1S/C21H21N3O4S2/c1-16-11-12-29-20(16)14-22-23-21(25)15-24(17-7-6-8-18(13-17)28-2)30(26,27)19-9-4-3-5-10-19/h3-14H,15H2,1-2H3,(H,23,25)/b22-14-. The quantitative estimate of drug-likeness (QED) is 0.427. The lowest BCUT2D eigenvalue weighted by Crippen LogP contribution is -2.39. The second kappa shape index (κ2) is 9.55. The summed E-state index contributed by atoms with van der Waals surface area (Å²) in [6.07, 6.45) is 1.54. The summed E-state index contributed by atoms with van der Waals surface area (Å²) >= 11 is 1.50. The molecule has 1 amide bonds. The van der Waals surface area contributed by atoms with Crippen molar-refractivity contribution in [2.24, 2.45) is 5.10 Å². The minimum absolute atomic E-state index is 0.0818. The largest absolute Gasteiger partial charge is 0.497 e. The van der Waals surface area contributed by atoms with Crippen LogP contribution in [0.3, 0.4) is 0 Å². The highest BCUT2D eigenvalue weighted by atomic mass is 32.2. The first-order chi connectivity index (χ1) is 14.4. The average molecular weight is 444 g/mol. The van der Waals surface area contributed by atoms with E-state index < -0.39 is 22.5 Å². The molecule has 0 aliphatic rings. The summed E-state index contributed by atoms with van der Waals surface area (Å²) in [7, 11) is -2.49. The van der Waals surface area contributed by atoms with Crippen LogP contribution in [-0.2, 0) is 14.8 Å². The van der Waals surface area contributed by atoms with Gasteiger partial charge in [-0.3, -0.25) is 9.10 Å². The van der Waals surface area contributed by atoms with E-state index in [0.717, 1.165) is 14.7 Å². The molecule has 3 aromatic rings. The Hall–Kier alpha value is -3.17. The fourth-order valence-corrected chi connectivity index (χ4v) is 4.87. The molecule has 30 heavy (non-hydrogen) atoms. The first-order valence-corrected chi connectivity index (χ1v) is 11.3. The minimum Gasteiger partial charge on any atom is -0.497 e. The van der Waals surface area contributed by atoms with Gasteiger partial charge < -0.3 is 4.74 Å². The number of hydrogen-bond donors (Lipinski definition) is 1. The van der Waals surface area contributed by atoms with Gasteiger partial charge >= 0.3 is 0 Å². The number of amides is 1. The molecule has 1 heterocycles. The van der Waals surface area contributed by atoms with Crippen LogP contribution >= 0.6 is 11.3 Å². The smallest absolute Gasteiger partial charge is 0.264 e. The average Bonchev–Trinajstić information content (AvgIpc) is 3.17. The van der Waals surface area contributed by atoms with Crippen molar-refractivity contribution in [3.05, 3.63) is 76.5 Å². The number of carbonyl (C=O) groups excluding carboxylic acids is 1. The van der Waals surface area contributed by atoms with E-state index in [1.807, 2.05) is 18.4 Å². The molecule has 0 saturated heterocycles. The predicted octanol–water partition coefficient (Wildman–Crippen LogP) is 3.41. The third-order valence-corrected chi connectivity index (χ3v) is 6.97. The van der Waals surface area contributed by atoms with Crippen LogP contribution in [0.4, 0.5) is 5.69 Å². The molecular weight excluding hydrogens is 422 g/mol. The van der Waals surface area contributed by atoms with E-state index in [9.17, 15) is 13.2 Å². The van der Waals surface area contributed by atoms with Crippen LogP contribution in [0.25, 0.3) is 0 Å². The fraction of sp³-hybridized carbons (Fsp3) is 0.143. The van der Waals surface area contributed by atoms with Crippen molar-refractivity contribution < 1.29 is 17.9 Å². The lowest BCUT2D eigenvalue weighted by molar-refractivity contribution is -0.119. The molecule has 156 valence electrons. The number of sulfonamides is 1. The van der Waals surface area contributed by atoms with Crippen molar-refractivity contribution in [1.82, 2.24) is 5.43 Å². The topological polar surface area (TPSA) is 88.1 Å². The number of anilines is 1. The predicted molar refractivity (Wildman–Crippen MR) is 119 cm³/mol. The third-order valence-electron chi connectivity index (χ3n) is 4.23. The van der Waals surface area contributed by atoms with Gasteiger partial charge in [0.05, 0.1) is 23.9 Å². The van der Waals surface area contributed by atoms with Crippen molar-refractivity contribution in [1.29, 1.82) is 0 Å². The summed E-state index contributed by atoms with van der Waals surface area (Å²) < 4.78 is 32.7. The summed E-state index contributed by atoms with van der Waals surface area (Å²) in [5.74, 6) is -0.0878. The van der Waals surface area contributed by atoms with Crippen LogP contribution in [0.1, 0.15) is 10.4 Å². The zero-order valence-electron chi connectivity index (χ0n) is 16.5. The number of hydrazone groups is 1. The molecule has 0 atom stereocenters. The molecule has 2 aromatic carbocycles. The summed E-state index contributed by atoms with van der Waals surface area (Å²) in [4.78, 5) is 13.5. The fourth-order valence-electron chi connectivity index (χ4n) is 2.65. The molecule has 0 spiro atoms. The molecule has 9 heteroatoms. The van der Waals surface area contributed by atoms with Crippen molar-refractivity contribution in [3.8, 4) is 5.75 Å². The minimum atomic E-state index is -3.98. The number of aryl methyl sites for hydroxylation is 1.